The van der Waals surface area contributed by atoms with Crippen molar-refractivity contribution in [2.45, 2.75) is 32.6 Å². The van der Waals surface area contributed by atoms with Crippen molar-refractivity contribution in [2.75, 3.05) is 0 Å². The van der Waals surface area contributed by atoms with Crippen molar-refractivity contribution in [3.8, 4) is 0 Å². The van der Waals surface area contributed by atoms with E-state index in [0.717, 1.165) is 14.1 Å². The summed E-state index contributed by atoms with van der Waals surface area (Å²) in [6.45, 7) is 7.22. The number of halogens is 1. The van der Waals surface area contributed by atoms with E-state index in [1.54, 1.807) is 32.9 Å². The SMILES string of the molecule is Cc1cc(C)n(S(=O)(=O)c2cc(Br)c(C)cc2C)n1. The molecule has 0 spiro atoms. The Morgan fingerprint density at radius 2 is 1.68 bits per heavy atom. The van der Waals surface area contributed by atoms with Crippen LogP contribution in [0.1, 0.15) is 22.5 Å². The van der Waals surface area contributed by atoms with Crippen LogP contribution in [0.2, 0.25) is 0 Å². The van der Waals surface area contributed by atoms with Gasteiger partial charge in [0.05, 0.1) is 16.3 Å². The molecule has 0 atom stereocenters. The van der Waals surface area contributed by atoms with Gasteiger partial charge in [-0.05, 0) is 51.0 Å². The number of hydrogen-bond acceptors (Lipinski definition) is 3. The van der Waals surface area contributed by atoms with Crippen molar-refractivity contribution in [1.29, 1.82) is 0 Å². The molecule has 6 heteroatoms. The minimum Gasteiger partial charge on any atom is -0.199 e. The highest BCUT2D eigenvalue weighted by Crippen LogP contribution is 2.26. The number of aromatic nitrogens is 2. The molecule has 0 amide bonds. The molecule has 0 bridgehead atoms. The first-order valence-electron chi connectivity index (χ1n) is 5.79. The molecular formula is C13H15BrN2O2S. The predicted molar refractivity (Wildman–Crippen MR) is 77.9 cm³/mol. The molecule has 0 saturated heterocycles. The summed E-state index contributed by atoms with van der Waals surface area (Å²) in [5.74, 6) is 0. The molecule has 0 aliphatic heterocycles. The van der Waals surface area contributed by atoms with E-state index < -0.39 is 10.0 Å². The highest BCUT2D eigenvalue weighted by Gasteiger charge is 2.23. The van der Waals surface area contributed by atoms with Gasteiger partial charge in [0, 0.05) is 4.47 Å². The lowest BCUT2D eigenvalue weighted by Gasteiger charge is -2.11. The molecule has 0 saturated carbocycles. The molecule has 1 aromatic heterocycles. The first-order chi connectivity index (χ1) is 8.73. The van der Waals surface area contributed by atoms with E-state index in [9.17, 15) is 8.42 Å². The maximum atomic E-state index is 12.6. The summed E-state index contributed by atoms with van der Waals surface area (Å²) in [6.07, 6.45) is 0. The van der Waals surface area contributed by atoms with Crippen molar-refractivity contribution < 1.29 is 8.42 Å². The van der Waals surface area contributed by atoms with Crippen LogP contribution in [0.5, 0.6) is 0 Å². The summed E-state index contributed by atoms with van der Waals surface area (Å²) in [7, 11) is -3.64. The number of hydrogen-bond donors (Lipinski definition) is 0. The molecule has 19 heavy (non-hydrogen) atoms. The van der Waals surface area contributed by atoms with E-state index >= 15 is 0 Å². The molecule has 102 valence electrons. The summed E-state index contributed by atoms with van der Waals surface area (Å²) in [6, 6.07) is 5.23. The molecule has 2 aromatic rings. The number of nitrogens with zero attached hydrogens (tertiary/aromatic N) is 2. The van der Waals surface area contributed by atoms with E-state index in [1.165, 1.54) is 0 Å². The number of rotatable bonds is 2. The van der Waals surface area contributed by atoms with E-state index in [4.69, 9.17) is 0 Å². The Morgan fingerprint density at radius 1 is 1.05 bits per heavy atom. The standard InChI is InChI=1S/C13H15BrN2O2S/c1-8-5-9(2)13(7-12(8)14)19(17,18)16-11(4)6-10(3)15-16/h5-7H,1-4H3. The third-order valence-electron chi connectivity index (χ3n) is 2.93. The third kappa shape index (κ3) is 2.47. The van der Waals surface area contributed by atoms with Gasteiger partial charge in [-0.1, -0.05) is 22.0 Å². The second-order valence-electron chi connectivity index (χ2n) is 4.64. The van der Waals surface area contributed by atoms with Crippen molar-refractivity contribution >= 4 is 26.0 Å². The van der Waals surface area contributed by atoms with Gasteiger partial charge in [0.25, 0.3) is 10.0 Å². The summed E-state index contributed by atoms with van der Waals surface area (Å²) < 4.78 is 27.1. The molecule has 0 aliphatic rings. The molecular weight excluding hydrogens is 328 g/mol. The molecule has 2 rings (SSSR count). The van der Waals surface area contributed by atoms with E-state index in [-0.39, 0.29) is 4.90 Å². The van der Waals surface area contributed by atoms with E-state index in [0.29, 0.717) is 17.0 Å². The van der Waals surface area contributed by atoms with Gasteiger partial charge in [0.1, 0.15) is 0 Å². The number of benzene rings is 1. The van der Waals surface area contributed by atoms with Gasteiger partial charge in [-0.2, -0.15) is 17.6 Å². The first kappa shape index (κ1) is 14.3. The Kier molecular flexibility index (Phi) is 3.57. The Balaban J connectivity index is 2.70. The summed E-state index contributed by atoms with van der Waals surface area (Å²) in [4.78, 5) is 0.274. The van der Waals surface area contributed by atoms with Crippen LogP contribution in [0.4, 0.5) is 0 Å². The van der Waals surface area contributed by atoms with Gasteiger partial charge < -0.3 is 0 Å². The van der Waals surface area contributed by atoms with Gasteiger partial charge in [-0.25, -0.2) is 0 Å². The Labute approximate surface area is 121 Å². The highest BCUT2D eigenvalue weighted by molar-refractivity contribution is 9.10. The van der Waals surface area contributed by atoms with Crippen LogP contribution in [-0.2, 0) is 10.0 Å². The van der Waals surface area contributed by atoms with Crippen LogP contribution in [0.3, 0.4) is 0 Å². The average Bonchev–Trinajstić information content (AvgIpc) is 2.63. The van der Waals surface area contributed by atoms with E-state index in [2.05, 4.69) is 21.0 Å². The number of aryl methyl sites for hydroxylation is 4. The maximum absolute atomic E-state index is 12.6. The van der Waals surface area contributed by atoms with Crippen molar-refractivity contribution in [1.82, 2.24) is 9.19 Å². The molecule has 0 aliphatic carbocycles. The van der Waals surface area contributed by atoms with Crippen molar-refractivity contribution in [2.24, 2.45) is 0 Å². The molecule has 0 radical (unpaired) electrons. The fourth-order valence-electron chi connectivity index (χ4n) is 2.03. The van der Waals surface area contributed by atoms with Gasteiger partial charge in [-0.15, -0.1) is 0 Å². The fourth-order valence-corrected chi connectivity index (χ4v) is 4.11. The zero-order valence-corrected chi connectivity index (χ0v) is 13.6. The predicted octanol–water partition coefficient (Wildman–Crippen LogP) is 3.12. The molecule has 1 aromatic carbocycles. The smallest absolute Gasteiger partial charge is 0.199 e. The van der Waals surface area contributed by atoms with Crippen LogP contribution in [-0.4, -0.2) is 17.6 Å². The molecule has 0 unspecified atom stereocenters. The lowest BCUT2D eigenvalue weighted by Crippen LogP contribution is -2.17. The summed E-state index contributed by atoms with van der Waals surface area (Å²) in [5.41, 5.74) is 3.01. The second kappa shape index (κ2) is 4.76. The fraction of sp³-hybridized carbons (Fsp3) is 0.308. The zero-order valence-electron chi connectivity index (χ0n) is 11.2. The Hall–Kier alpha value is -1.14. The monoisotopic (exact) mass is 342 g/mol. The van der Waals surface area contributed by atoms with Crippen LogP contribution in [0, 0.1) is 27.7 Å². The van der Waals surface area contributed by atoms with Gasteiger partial charge in [0.2, 0.25) is 0 Å². The highest BCUT2D eigenvalue weighted by atomic mass is 79.9. The normalized spacial score (nSPS) is 11.8. The topological polar surface area (TPSA) is 52.0 Å². The second-order valence-corrected chi connectivity index (χ2v) is 7.23. The Morgan fingerprint density at radius 3 is 2.21 bits per heavy atom. The van der Waals surface area contributed by atoms with Gasteiger partial charge in [0.15, 0.2) is 0 Å². The average molecular weight is 343 g/mol. The van der Waals surface area contributed by atoms with Crippen LogP contribution < -0.4 is 0 Å². The van der Waals surface area contributed by atoms with Crippen LogP contribution in [0.15, 0.2) is 27.6 Å². The molecule has 1 heterocycles. The molecule has 0 N–H and O–H groups in total. The minimum absolute atomic E-state index is 0.274. The van der Waals surface area contributed by atoms with Crippen LogP contribution >= 0.6 is 15.9 Å². The minimum atomic E-state index is -3.64. The molecule has 0 fully saturated rings. The molecule has 4 nitrogen and oxygen atoms in total. The summed E-state index contributed by atoms with van der Waals surface area (Å²) >= 11 is 3.37. The largest absolute Gasteiger partial charge is 0.283 e. The lowest BCUT2D eigenvalue weighted by molar-refractivity contribution is 0.577. The quantitative estimate of drug-likeness (QED) is 0.842. The third-order valence-corrected chi connectivity index (χ3v) is 5.60. The van der Waals surface area contributed by atoms with Gasteiger partial charge >= 0.3 is 0 Å². The Bertz CT molecular complexity index is 748. The van der Waals surface area contributed by atoms with E-state index in [1.807, 2.05) is 13.0 Å². The maximum Gasteiger partial charge on any atom is 0.283 e. The lowest BCUT2D eigenvalue weighted by atomic mass is 10.2. The zero-order chi connectivity index (χ0) is 14.4. The first-order valence-corrected chi connectivity index (χ1v) is 8.02. The van der Waals surface area contributed by atoms with Crippen molar-refractivity contribution in [3.63, 3.8) is 0 Å². The summed E-state index contributed by atoms with van der Waals surface area (Å²) in [5, 5.41) is 4.06. The van der Waals surface area contributed by atoms with Crippen LogP contribution in [0.25, 0.3) is 0 Å². The van der Waals surface area contributed by atoms with Gasteiger partial charge in [-0.3, -0.25) is 0 Å². The van der Waals surface area contributed by atoms with Crippen molar-refractivity contribution in [3.05, 3.63) is 45.2 Å².